The molecule has 0 amide bonds. The largest absolute Gasteiger partial charge is 1.00 e. The van der Waals surface area contributed by atoms with E-state index >= 15 is 0 Å². The van der Waals surface area contributed by atoms with Crippen LogP contribution in [-0.4, -0.2) is 30.2 Å². The van der Waals surface area contributed by atoms with Crippen molar-refractivity contribution in [3.63, 3.8) is 0 Å². The van der Waals surface area contributed by atoms with E-state index in [4.69, 9.17) is 5.73 Å². The van der Waals surface area contributed by atoms with Gasteiger partial charge in [-0.3, -0.25) is 4.48 Å². The van der Waals surface area contributed by atoms with Gasteiger partial charge in [0.25, 0.3) is 0 Å². The van der Waals surface area contributed by atoms with Crippen molar-refractivity contribution in [2.75, 3.05) is 20.1 Å². The molecular formula is C11H21ClN2. The standard InChI is InChI=1S/C11H21N2.ClH/c1-11(2,12)7-10-13(3)8-5-4-6-9-13;/h4-6,8H,7,9-10,12H2,1-3H3;1H/q+1;/p-1. The van der Waals surface area contributed by atoms with E-state index in [1.54, 1.807) is 0 Å². The highest BCUT2D eigenvalue weighted by Crippen LogP contribution is 2.14. The van der Waals surface area contributed by atoms with Crippen LogP contribution in [0, 0.1) is 0 Å². The fourth-order valence-electron chi connectivity index (χ4n) is 1.41. The number of nitrogens with zero attached hydrogens (tertiary/aromatic N) is 1. The fourth-order valence-corrected chi connectivity index (χ4v) is 1.41. The summed E-state index contributed by atoms with van der Waals surface area (Å²) >= 11 is 0. The first-order valence-corrected chi connectivity index (χ1v) is 4.89. The third-order valence-electron chi connectivity index (χ3n) is 2.48. The van der Waals surface area contributed by atoms with Crippen LogP contribution in [0.5, 0.6) is 0 Å². The molecule has 0 saturated heterocycles. The van der Waals surface area contributed by atoms with Crippen molar-refractivity contribution in [2.45, 2.75) is 25.8 Å². The van der Waals surface area contributed by atoms with E-state index in [1.165, 1.54) is 0 Å². The molecule has 14 heavy (non-hydrogen) atoms. The van der Waals surface area contributed by atoms with Crippen molar-refractivity contribution < 1.29 is 16.9 Å². The molecular weight excluding hydrogens is 196 g/mol. The third-order valence-corrected chi connectivity index (χ3v) is 2.48. The zero-order valence-electron chi connectivity index (χ0n) is 9.33. The smallest absolute Gasteiger partial charge is 0.102 e. The van der Waals surface area contributed by atoms with Gasteiger partial charge in [-0.2, -0.15) is 0 Å². The van der Waals surface area contributed by atoms with Gasteiger partial charge in [-0.15, -0.1) is 0 Å². The van der Waals surface area contributed by atoms with E-state index < -0.39 is 0 Å². The lowest BCUT2D eigenvalue weighted by molar-refractivity contribution is -0.854. The second-order valence-electron chi connectivity index (χ2n) is 4.89. The summed E-state index contributed by atoms with van der Waals surface area (Å²) in [6.07, 6.45) is 9.73. The summed E-state index contributed by atoms with van der Waals surface area (Å²) in [5.41, 5.74) is 5.91. The Morgan fingerprint density at radius 1 is 1.36 bits per heavy atom. The van der Waals surface area contributed by atoms with Gasteiger partial charge in [-0.25, -0.2) is 0 Å². The number of halogens is 1. The summed E-state index contributed by atoms with van der Waals surface area (Å²) in [5, 5.41) is 0. The molecule has 0 bridgehead atoms. The predicted molar refractivity (Wildman–Crippen MR) is 57.1 cm³/mol. The van der Waals surface area contributed by atoms with Crippen LogP contribution < -0.4 is 18.1 Å². The molecule has 0 fully saturated rings. The van der Waals surface area contributed by atoms with E-state index in [0.29, 0.717) is 0 Å². The summed E-state index contributed by atoms with van der Waals surface area (Å²) in [7, 11) is 2.24. The normalized spacial score (nSPS) is 26.0. The Bertz CT molecular complexity index is 228. The molecule has 1 atom stereocenters. The minimum absolute atomic E-state index is 0. The lowest BCUT2D eigenvalue weighted by Gasteiger charge is -2.33. The maximum absolute atomic E-state index is 5.96. The zero-order valence-corrected chi connectivity index (χ0v) is 10.1. The zero-order chi connectivity index (χ0) is 9.95. The first-order valence-electron chi connectivity index (χ1n) is 4.89. The predicted octanol–water partition coefficient (Wildman–Crippen LogP) is -1.35. The lowest BCUT2D eigenvalue weighted by Crippen LogP contribution is -3.00. The number of hydrogen-bond acceptors (Lipinski definition) is 1. The van der Waals surface area contributed by atoms with Gasteiger partial charge in [-0.1, -0.05) is 6.08 Å². The van der Waals surface area contributed by atoms with Crippen molar-refractivity contribution in [1.82, 2.24) is 0 Å². The number of hydrogen-bond donors (Lipinski definition) is 1. The van der Waals surface area contributed by atoms with Gasteiger partial charge in [0.1, 0.15) is 6.54 Å². The molecule has 0 saturated carbocycles. The first-order chi connectivity index (χ1) is 5.91. The van der Waals surface area contributed by atoms with Crippen LogP contribution in [0.3, 0.4) is 0 Å². The van der Waals surface area contributed by atoms with E-state index in [2.05, 4.69) is 45.3 Å². The number of likely N-dealkylation sites (N-methyl/N-ethyl adjacent to an activating group) is 1. The molecule has 0 aromatic heterocycles. The van der Waals surface area contributed by atoms with E-state index in [0.717, 1.165) is 24.0 Å². The molecule has 1 heterocycles. The maximum atomic E-state index is 5.96. The Labute approximate surface area is 93.5 Å². The number of rotatable bonds is 3. The van der Waals surface area contributed by atoms with Gasteiger partial charge in [0.05, 0.1) is 19.8 Å². The van der Waals surface area contributed by atoms with Gasteiger partial charge >= 0.3 is 0 Å². The molecule has 82 valence electrons. The summed E-state index contributed by atoms with van der Waals surface area (Å²) in [6, 6.07) is 0. The average molecular weight is 217 g/mol. The SMILES string of the molecule is CC(C)(N)CC[N+]1(C)C=CC=CC1.[Cl-]. The molecule has 1 aliphatic rings. The van der Waals surface area contributed by atoms with Crippen molar-refractivity contribution in [3.05, 3.63) is 24.4 Å². The van der Waals surface area contributed by atoms with Crippen molar-refractivity contribution in [2.24, 2.45) is 5.73 Å². The highest BCUT2D eigenvalue weighted by atomic mass is 35.5. The molecule has 2 N–H and O–H groups in total. The summed E-state index contributed by atoms with van der Waals surface area (Å²) in [4.78, 5) is 0. The molecule has 1 rings (SSSR count). The minimum atomic E-state index is -0.0454. The van der Waals surface area contributed by atoms with E-state index in [1.807, 2.05) is 0 Å². The topological polar surface area (TPSA) is 26.0 Å². The van der Waals surface area contributed by atoms with Crippen LogP contribution in [0.4, 0.5) is 0 Å². The maximum Gasteiger partial charge on any atom is 0.102 e. The highest BCUT2D eigenvalue weighted by Gasteiger charge is 2.22. The van der Waals surface area contributed by atoms with E-state index in [-0.39, 0.29) is 17.9 Å². The Morgan fingerprint density at radius 3 is 2.43 bits per heavy atom. The molecule has 0 aromatic carbocycles. The molecule has 1 aliphatic heterocycles. The molecule has 2 nitrogen and oxygen atoms in total. The minimum Gasteiger partial charge on any atom is -1.00 e. The average Bonchev–Trinajstić information content (AvgIpc) is 2.02. The van der Waals surface area contributed by atoms with Gasteiger partial charge in [0, 0.05) is 12.0 Å². The number of allylic oxidation sites excluding steroid dienone is 2. The van der Waals surface area contributed by atoms with Crippen LogP contribution in [0.25, 0.3) is 0 Å². The summed E-state index contributed by atoms with van der Waals surface area (Å²) < 4.78 is 0.983. The van der Waals surface area contributed by atoms with Crippen LogP contribution in [0.2, 0.25) is 0 Å². The van der Waals surface area contributed by atoms with Gasteiger partial charge in [0.15, 0.2) is 0 Å². The summed E-state index contributed by atoms with van der Waals surface area (Å²) in [6.45, 7) is 6.38. The van der Waals surface area contributed by atoms with Gasteiger partial charge in [0.2, 0.25) is 0 Å². The molecule has 0 spiro atoms. The summed E-state index contributed by atoms with van der Waals surface area (Å²) in [5.74, 6) is 0. The first kappa shape index (κ1) is 13.7. The van der Waals surface area contributed by atoms with Crippen LogP contribution in [-0.2, 0) is 0 Å². The second-order valence-corrected chi connectivity index (χ2v) is 4.89. The monoisotopic (exact) mass is 216 g/mol. The molecule has 0 radical (unpaired) electrons. The highest BCUT2D eigenvalue weighted by molar-refractivity contribution is 5.03. The second kappa shape index (κ2) is 4.96. The molecule has 3 heteroatoms. The van der Waals surface area contributed by atoms with Crippen molar-refractivity contribution in [1.29, 1.82) is 0 Å². The molecule has 0 aliphatic carbocycles. The van der Waals surface area contributed by atoms with Crippen LogP contribution in [0.15, 0.2) is 24.4 Å². The lowest BCUT2D eigenvalue weighted by atomic mass is 10.0. The van der Waals surface area contributed by atoms with Crippen LogP contribution in [0.1, 0.15) is 20.3 Å². The quantitative estimate of drug-likeness (QED) is 0.581. The van der Waals surface area contributed by atoms with Crippen LogP contribution >= 0.6 is 0 Å². The van der Waals surface area contributed by atoms with Crippen molar-refractivity contribution >= 4 is 0 Å². The van der Waals surface area contributed by atoms with Crippen molar-refractivity contribution in [3.8, 4) is 0 Å². The third kappa shape index (κ3) is 4.80. The van der Waals surface area contributed by atoms with Gasteiger partial charge in [-0.05, 0) is 26.0 Å². The number of nitrogens with two attached hydrogens (primary N) is 1. The Hall–Kier alpha value is -0.310. The van der Waals surface area contributed by atoms with E-state index in [9.17, 15) is 0 Å². The Kier molecular flexibility index (Phi) is 4.85. The molecule has 1 unspecified atom stereocenters. The fraction of sp³-hybridized carbons (Fsp3) is 0.636. The van der Waals surface area contributed by atoms with Gasteiger partial charge < -0.3 is 18.1 Å². The Balaban J connectivity index is 0.00000169. The number of quaternary nitrogens is 1. The molecule has 0 aromatic rings. The Morgan fingerprint density at radius 2 is 2.00 bits per heavy atom.